The number of rotatable bonds is 4. The summed E-state index contributed by atoms with van der Waals surface area (Å²) in [5.74, 6) is -0.163. The third-order valence-electron chi connectivity index (χ3n) is 6.33. The zero-order chi connectivity index (χ0) is 24.6. The number of amides is 2. The molecule has 0 radical (unpaired) electrons. The fourth-order valence-electron chi connectivity index (χ4n) is 4.57. The lowest BCUT2D eigenvalue weighted by Crippen LogP contribution is -2.35. The van der Waals surface area contributed by atoms with Crippen molar-refractivity contribution in [1.82, 2.24) is 9.88 Å². The number of carbonyl (C=O) groups is 2. The molecule has 5 aromatic rings. The van der Waals surface area contributed by atoms with E-state index in [1.54, 1.807) is 16.2 Å². The van der Waals surface area contributed by atoms with Crippen LogP contribution in [-0.4, -0.2) is 35.0 Å². The molecule has 0 fully saturated rings. The summed E-state index contributed by atoms with van der Waals surface area (Å²) in [5, 5.41) is 6.93. The summed E-state index contributed by atoms with van der Waals surface area (Å²) in [7, 11) is 0. The van der Waals surface area contributed by atoms with E-state index in [-0.39, 0.29) is 12.0 Å². The van der Waals surface area contributed by atoms with Crippen molar-refractivity contribution in [3.8, 4) is 10.6 Å². The second-order valence-corrected chi connectivity index (χ2v) is 10.7. The molecule has 8 heteroatoms. The van der Waals surface area contributed by atoms with Crippen molar-refractivity contribution >= 4 is 60.7 Å². The fourth-order valence-corrected chi connectivity index (χ4v) is 6.94. The van der Waals surface area contributed by atoms with Gasteiger partial charge in [0, 0.05) is 22.5 Å². The monoisotopic (exact) mass is 513 g/mol. The van der Waals surface area contributed by atoms with Crippen LogP contribution in [0.2, 0.25) is 0 Å². The maximum atomic E-state index is 13.4. The zero-order valence-electron chi connectivity index (χ0n) is 19.6. The second kappa shape index (κ2) is 9.37. The molecule has 0 unspecified atom stereocenters. The number of hydrogen-bond acceptors (Lipinski definition) is 6. The average molecular weight is 514 g/mol. The summed E-state index contributed by atoms with van der Waals surface area (Å²) in [6.45, 7) is 3.18. The Bertz CT molecular complexity index is 1590. The third-order valence-corrected chi connectivity index (χ3v) is 8.52. The SMILES string of the molecule is CCOC(=O)N1CCc2c(sc(NC(=O)c3ccc4ccccc4c3)c2-c2nc3ccccc3s2)C1. The topological polar surface area (TPSA) is 71.5 Å². The highest BCUT2D eigenvalue weighted by Gasteiger charge is 2.30. The first-order valence-electron chi connectivity index (χ1n) is 11.8. The lowest BCUT2D eigenvalue weighted by atomic mass is 10.0. The van der Waals surface area contributed by atoms with Gasteiger partial charge in [0.05, 0.1) is 23.4 Å². The number of nitrogens with one attached hydrogen (secondary N) is 1. The fraction of sp³-hybridized carbons (Fsp3) is 0.179. The Kier molecular flexibility index (Phi) is 5.91. The minimum Gasteiger partial charge on any atom is -0.450 e. The third kappa shape index (κ3) is 4.12. The maximum absolute atomic E-state index is 13.4. The number of nitrogens with zero attached hydrogens (tertiary/aromatic N) is 2. The number of fused-ring (bicyclic) bond motifs is 3. The Balaban J connectivity index is 1.40. The lowest BCUT2D eigenvalue weighted by Gasteiger charge is -2.26. The molecule has 2 aromatic heterocycles. The highest BCUT2D eigenvalue weighted by atomic mass is 32.1. The van der Waals surface area contributed by atoms with E-state index >= 15 is 0 Å². The molecule has 0 bridgehead atoms. The smallest absolute Gasteiger partial charge is 0.410 e. The number of benzene rings is 3. The van der Waals surface area contributed by atoms with Crippen LogP contribution in [0.5, 0.6) is 0 Å². The van der Waals surface area contributed by atoms with Crippen LogP contribution < -0.4 is 5.32 Å². The molecule has 1 aliphatic rings. The summed E-state index contributed by atoms with van der Waals surface area (Å²) >= 11 is 3.14. The van der Waals surface area contributed by atoms with Crippen molar-refractivity contribution < 1.29 is 14.3 Å². The summed E-state index contributed by atoms with van der Waals surface area (Å²) in [5.41, 5.74) is 3.65. The molecule has 3 heterocycles. The Labute approximate surface area is 216 Å². The van der Waals surface area contributed by atoms with Gasteiger partial charge in [-0.3, -0.25) is 4.79 Å². The summed E-state index contributed by atoms with van der Waals surface area (Å²) in [6.07, 6.45) is 0.377. The minimum atomic E-state index is -0.306. The van der Waals surface area contributed by atoms with Crippen molar-refractivity contribution in [1.29, 1.82) is 0 Å². The van der Waals surface area contributed by atoms with Crippen LogP contribution in [0.4, 0.5) is 9.80 Å². The van der Waals surface area contributed by atoms with Crippen LogP contribution in [0.3, 0.4) is 0 Å². The first-order chi connectivity index (χ1) is 17.6. The number of ether oxygens (including phenoxy) is 1. The first-order valence-corrected chi connectivity index (χ1v) is 13.5. The molecule has 180 valence electrons. The van der Waals surface area contributed by atoms with Gasteiger partial charge in [0.1, 0.15) is 10.0 Å². The van der Waals surface area contributed by atoms with E-state index in [1.165, 1.54) is 11.3 Å². The standard InChI is InChI=1S/C28H23N3O3S2/c1-2-34-28(33)31-14-13-20-23(16-31)36-27(24(20)26-29-21-9-5-6-10-22(21)35-26)30-25(32)19-12-11-17-7-3-4-8-18(17)15-19/h3-12,15H,2,13-14,16H2,1H3,(H,30,32). The molecule has 0 saturated heterocycles. The summed E-state index contributed by atoms with van der Waals surface area (Å²) < 4.78 is 6.33. The Morgan fingerprint density at radius 1 is 1.03 bits per heavy atom. The molecule has 2 amide bonds. The van der Waals surface area contributed by atoms with Crippen LogP contribution >= 0.6 is 22.7 Å². The lowest BCUT2D eigenvalue weighted by molar-refractivity contribution is 0.102. The first kappa shape index (κ1) is 22.7. The van der Waals surface area contributed by atoms with Gasteiger partial charge in [0.2, 0.25) is 0 Å². The molecule has 6 rings (SSSR count). The summed E-state index contributed by atoms with van der Waals surface area (Å²) in [4.78, 5) is 33.4. The quantitative estimate of drug-likeness (QED) is 0.282. The molecule has 36 heavy (non-hydrogen) atoms. The Hall–Kier alpha value is -3.75. The van der Waals surface area contributed by atoms with E-state index < -0.39 is 0 Å². The number of aromatic nitrogens is 1. The van der Waals surface area contributed by atoms with Crippen LogP contribution in [0.15, 0.2) is 66.7 Å². The van der Waals surface area contributed by atoms with Crippen LogP contribution in [0.25, 0.3) is 31.6 Å². The highest BCUT2D eigenvalue weighted by molar-refractivity contribution is 7.23. The van der Waals surface area contributed by atoms with E-state index in [0.717, 1.165) is 47.0 Å². The minimum absolute atomic E-state index is 0.163. The van der Waals surface area contributed by atoms with Gasteiger partial charge in [-0.2, -0.15) is 0 Å². The number of thiazole rings is 1. The van der Waals surface area contributed by atoms with Crippen molar-refractivity contribution in [2.45, 2.75) is 19.9 Å². The highest BCUT2D eigenvalue weighted by Crippen LogP contribution is 2.46. The molecule has 0 aliphatic carbocycles. The predicted octanol–water partition coefficient (Wildman–Crippen LogP) is 6.94. The molecule has 0 atom stereocenters. The van der Waals surface area contributed by atoms with E-state index in [1.807, 2.05) is 67.6 Å². The van der Waals surface area contributed by atoms with Crippen LogP contribution in [0, 0.1) is 0 Å². The molecular weight excluding hydrogens is 490 g/mol. The molecule has 1 aliphatic heterocycles. The number of anilines is 1. The van der Waals surface area contributed by atoms with Crippen LogP contribution in [-0.2, 0) is 17.7 Å². The molecule has 1 N–H and O–H groups in total. The number of thiophene rings is 1. The van der Waals surface area contributed by atoms with Gasteiger partial charge in [-0.25, -0.2) is 9.78 Å². The van der Waals surface area contributed by atoms with Gasteiger partial charge >= 0.3 is 6.09 Å². The second-order valence-electron chi connectivity index (χ2n) is 8.58. The normalized spacial score (nSPS) is 13.1. The summed E-state index contributed by atoms with van der Waals surface area (Å²) in [6, 6.07) is 21.8. The van der Waals surface area contributed by atoms with Crippen molar-refractivity contribution in [2.75, 3.05) is 18.5 Å². The molecule has 3 aromatic carbocycles. The average Bonchev–Trinajstić information content (AvgIpc) is 3.48. The van der Waals surface area contributed by atoms with Crippen molar-refractivity contribution in [3.05, 3.63) is 82.7 Å². The number of para-hydroxylation sites is 1. The molecule has 6 nitrogen and oxygen atoms in total. The Morgan fingerprint density at radius 2 is 1.83 bits per heavy atom. The van der Waals surface area contributed by atoms with Gasteiger partial charge in [-0.15, -0.1) is 22.7 Å². The number of hydrogen-bond donors (Lipinski definition) is 1. The van der Waals surface area contributed by atoms with E-state index in [0.29, 0.717) is 31.7 Å². The van der Waals surface area contributed by atoms with E-state index in [9.17, 15) is 9.59 Å². The van der Waals surface area contributed by atoms with Crippen molar-refractivity contribution in [3.63, 3.8) is 0 Å². The van der Waals surface area contributed by atoms with Gasteiger partial charge in [0.15, 0.2) is 0 Å². The molecular formula is C28H23N3O3S2. The maximum Gasteiger partial charge on any atom is 0.410 e. The Morgan fingerprint density at radius 3 is 2.67 bits per heavy atom. The van der Waals surface area contributed by atoms with E-state index in [4.69, 9.17) is 9.72 Å². The van der Waals surface area contributed by atoms with E-state index in [2.05, 4.69) is 11.4 Å². The molecule has 0 saturated carbocycles. The molecule has 0 spiro atoms. The number of carbonyl (C=O) groups excluding carboxylic acids is 2. The van der Waals surface area contributed by atoms with Crippen LogP contribution in [0.1, 0.15) is 27.7 Å². The zero-order valence-corrected chi connectivity index (χ0v) is 21.2. The largest absolute Gasteiger partial charge is 0.450 e. The van der Waals surface area contributed by atoms with Gasteiger partial charge in [-0.1, -0.05) is 42.5 Å². The van der Waals surface area contributed by atoms with Gasteiger partial charge in [0.25, 0.3) is 5.91 Å². The van der Waals surface area contributed by atoms with Gasteiger partial charge < -0.3 is 15.0 Å². The van der Waals surface area contributed by atoms with Gasteiger partial charge in [-0.05, 0) is 53.9 Å². The van der Waals surface area contributed by atoms with Crippen molar-refractivity contribution in [2.24, 2.45) is 0 Å². The predicted molar refractivity (Wildman–Crippen MR) is 146 cm³/mol.